The lowest BCUT2D eigenvalue weighted by Gasteiger charge is -2.36. The quantitative estimate of drug-likeness (QED) is 0.828. The summed E-state index contributed by atoms with van der Waals surface area (Å²) in [6, 6.07) is 16.3. The Hall–Kier alpha value is -2.53. The number of hydrogen-bond acceptors (Lipinski definition) is 4. The first-order valence-corrected chi connectivity index (χ1v) is 9.06. The standard InChI is InChI=1S/C21H26N2O3/c1-26-20-9-5-4-8-19(20)23-14-12-22(13-15-23)16-18-7-3-2-6-17(18)10-11-21(24)25/h2-9H,10-16H2,1H3,(H,24,25). The number of methoxy groups -OCH3 is 1. The average Bonchev–Trinajstić information content (AvgIpc) is 2.68. The number of carboxylic acid groups (broad SMARTS) is 1. The van der Waals surface area contributed by atoms with Crippen molar-refractivity contribution in [1.82, 2.24) is 4.90 Å². The molecule has 0 unspecified atom stereocenters. The molecule has 26 heavy (non-hydrogen) atoms. The van der Waals surface area contributed by atoms with Crippen LogP contribution in [-0.4, -0.2) is 49.3 Å². The summed E-state index contributed by atoms with van der Waals surface area (Å²) < 4.78 is 5.48. The van der Waals surface area contributed by atoms with Crippen molar-refractivity contribution in [2.24, 2.45) is 0 Å². The van der Waals surface area contributed by atoms with E-state index in [0.29, 0.717) is 6.42 Å². The van der Waals surface area contributed by atoms with Gasteiger partial charge in [0.15, 0.2) is 0 Å². The highest BCUT2D eigenvalue weighted by Gasteiger charge is 2.20. The van der Waals surface area contributed by atoms with Crippen molar-refractivity contribution in [3.05, 3.63) is 59.7 Å². The van der Waals surface area contributed by atoms with Crippen LogP contribution in [-0.2, 0) is 17.8 Å². The molecular formula is C21H26N2O3. The van der Waals surface area contributed by atoms with E-state index < -0.39 is 5.97 Å². The second kappa shape index (κ2) is 8.72. The number of piperazine rings is 1. The molecule has 138 valence electrons. The number of nitrogens with zero attached hydrogens (tertiary/aromatic N) is 2. The van der Waals surface area contributed by atoms with Crippen LogP contribution in [0.1, 0.15) is 17.5 Å². The molecule has 1 aliphatic rings. The predicted octanol–water partition coefficient (Wildman–Crippen LogP) is 3.03. The molecule has 0 saturated carbocycles. The Morgan fingerprint density at radius 1 is 1.00 bits per heavy atom. The van der Waals surface area contributed by atoms with E-state index in [9.17, 15) is 4.79 Å². The highest BCUT2D eigenvalue weighted by molar-refractivity contribution is 5.67. The number of anilines is 1. The van der Waals surface area contributed by atoms with E-state index in [4.69, 9.17) is 9.84 Å². The third kappa shape index (κ3) is 4.55. The third-order valence-electron chi connectivity index (χ3n) is 4.92. The number of rotatable bonds is 7. The van der Waals surface area contributed by atoms with Gasteiger partial charge in [0.1, 0.15) is 5.75 Å². The van der Waals surface area contributed by atoms with Gasteiger partial charge >= 0.3 is 5.97 Å². The lowest BCUT2D eigenvalue weighted by molar-refractivity contribution is -0.136. The molecule has 5 nitrogen and oxygen atoms in total. The molecule has 3 rings (SSSR count). The SMILES string of the molecule is COc1ccccc1N1CCN(Cc2ccccc2CCC(=O)O)CC1. The molecule has 0 aliphatic carbocycles. The molecule has 1 fully saturated rings. The summed E-state index contributed by atoms with van der Waals surface area (Å²) in [4.78, 5) is 15.7. The number of benzene rings is 2. The molecule has 1 N–H and O–H groups in total. The van der Waals surface area contributed by atoms with Crippen LogP contribution in [0.15, 0.2) is 48.5 Å². The van der Waals surface area contributed by atoms with Crippen LogP contribution in [0, 0.1) is 0 Å². The molecule has 1 aliphatic heterocycles. The van der Waals surface area contributed by atoms with Crippen molar-refractivity contribution in [2.45, 2.75) is 19.4 Å². The van der Waals surface area contributed by atoms with Gasteiger partial charge in [-0.05, 0) is 29.7 Å². The van der Waals surface area contributed by atoms with Gasteiger partial charge in [0.05, 0.1) is 12.8 Å². The van der Waals surface area contributed by atoms with E-state index >= 15 is 0 Å². The molecule has 0 amide bonds. The van der Waals surface area contributed by atoms with Gasteiger partial charge in [-0.3, -0.25) is 9.69 Å². The number of para-hydroxylation sites is 2. The zero-order chi connectivity index (χ0) is 18.4. The van der Waals surface area contributed by atoms with E-state index in [1.807, 2.05) is 36.4 Å². The maximum atomic E-state index is 10.9. The van der Waals surface area contributed by atoms with Gasteiger partial charge in [0.25, 0.3) is 0 Å². The van der Waals surface area contributed by atoms with Crippen molar-refractivity contribution in [3.8, 4) is 5.75 Å². The van der Waals surface area contributed by atoms with Gasteiger partial charge in [-0.25, -0.2) is 0 Å². The summed E-state index contributed by atoms with van der Waals surface area (Å²) >= 11 is 0. The van der Waals surface area contributed by atoms with Crippen LogP contribution in [0.5, 0.6) is 5.75 Å². The normalized spacial score (nSPS) is 15.0. The molecule has 0 aromatic heterocycles. The molecule has 0 bridgehead atoms. The van der Waals surface area contributed by atoms with Crippen molar-refractivity contribution < 1.29 is 14.6 Å². The minimum absolute atomic E-state index is 0.179. The van der Waals surface area contributed by atoms with E-state index in [0.717, 1.165) is 49.7 Å². The minimum atomic E-state index is -0.745. The molecule has 0 spiro atoms. The Labute approximate surface area is 154 Å². The Balaban J connectivity index is 1.60. The second-order valence-corrected chi connectivity index (χ2v) is 6.60. The summed E-state index contributed by atoms with van der Waals surface area (Å²) in [5.74, 6) is 0.171. The van der Waals surface area contributed by atoms with Crippen molar-refractivity contribution in [2.75, 3.05) is 38.2 Å². The molecule has 2 aromatic rings. The first-order valence-electron chi connectivity index (χ1n) is 9.06. The van der Waals surface area contributed by atoms with Crippen LogP contribution in [0.3, 0.4) is 0 Å². The van der Waals surface area contributed by atoms with Crippen LogP contribution in [0.25, 0.3) is 0 Å². The van der Waals surface area contributed by atoms with Gasteiger partial charge in [-0.2, -0.15) is 0 Å². The van der Waals surface area contributed by atoms with Crippen molar-refractivity contribution in [1.29, 1.82) is 0 Å². The fourth-order valence-electron chi connectivity index (χ4n) is 3.48. The maximum Gasteiger partial charge on any atom is 0.303 e. The number of aliphatic carboxylic acids is 1. The first kappa shape index (κ1) is 18.3. The first-order chi connectivity index (χ1) is 12.7. The summed E-state index contributed by atoms with van der Waals surface area (Å²) in [6.07, 6.45) is 0.769. The highest BCUT2D eigenvalue weighted by Crippen LogP contribution is 2.28. The highest BCUT2D eigenvalue weighted by atomic mass is 16.5. The molecular weight excluding hydrogens is 328 g/mol. The number of carbonyl (C=O) groups is 1. The van der Waals surface area contributed by atoms with Gasteiger partial charge in [-0.1, -0.05) is 36.4 Å². The molecule has 1 saturated heterocycles. The molecule has 5 heteroatoms. The van der Waals surface area contributed by atoms with Crippen molar-refractivity contribution >= 4 is 11.7 Å². The monoisotopic (exact) mass is 354 g/mol. The molecule has 2 aromatic carbocycles. The summed E-state index contributed by atoms with van der Waals surface area (Å²) in [6.45, 7) is 4.74. The zero-order valence-electron chi connectivity index (χ0n) is 15.2. The van der Waals surface area contributed by atoms with Gasteiger partial charge in [-0.15, -0.1) is 0 Å². The minimum Gasteiger partial charge on any atom is -0.495 e. The smallest absolute Gasteiger partial charge is 0.303 e. The Kier molecular flexibility index (Phi) is 6.12. The molecule has 0 atom stereocenters. The topological polar surface area (TPSA) is 53.0 Å². The largest absolute Gasteiger partial charge is 0.495 e. The van der Waals surface area contributed by atoms with Crippen LogP contribution in [0.4, 0.5) is 5.69 Å². The summed E-state index contributed by atoms with van der Waals surface area (Å²) in [5.41, 5.74) is 3.53. The summed E-state index contributed by atoms with van der Waals surface area (Å²) in [7, 11) is 1.71. The number of carboxylic acids is 1. The van der Waals surface area contributed by atoms with E-state index in [2.05, 4.69) is 21.9 Å². The lowest BCUT2D eigenvalue weighted by atomic mass is 10.0. The van der Waals surface area contributed by atoms with E-state index in [1.165, 1.54) is 5.56 Å². The molecule has 0 radical (unpaired) electrons. The Bertz CT molecular complexity index is 740. The van der Waals surface area contributed by atoms with Gasteiger partial charge in [0.2, 0.25) is 0 Å². The Morgan fingerprint density at radius 2 is 1.65 bits per heavy atom. The van der Waals surface area contributed by atoms with E-state index in [-0.39, 0.29) is 6.42 Å². The summed E-state index contributed by atoms with van der Waals surface area (Å²) in [5, 5.41) is 8.94. The van der Waals surface area contributed by atoms with E-state index in [1.54, 1.807) is 7.11 Å². The maximum absolute atomic E-state index is 10.9. The fraction of sp³-hybridized carbons (Fsp3) is 0.381. The van der Waals surface area contributed by atoms with Gasteiger partial charge < -0.3 is 14.7 Å². The predicted molar refractivity (Wildman–Crippen MR) is 103 cm³/mol. The van der Waals surface area contributed by atoms with Crippen molar-refractivity contribution in [3.63, 3.8) is 0 Å². The second-order valence-electron chi connectivity index (χ2n) is 6.60. The lowest BCUT2D eigenvalue weighted by Crippen LogP contribution is -2.46. The van der Waals surface area contributed by atoms with Crippen LogP contribution < -0.4 is 9.64 Å². The number of aryl methyl sites for hydroxylation is 1. The van der Waals surface area contributed by atoms with Crippen LogP contribution >= 0.6 is 0 Å². The zero-order valence-corrected chi connectivity index (χ0v) is 15.2. The number of hydrogen-bond donors (Lipinski definition) is 1. The van der Waals surface area contributed by atoms with Gasteiger partial charge in [0, 0.05) is 39.1 Å². The average molecular weight is 354 g/mol. The molecule has 1 heterocycles. The fourth-order valence-corrected chi connectivity index (χ4v) is 3.48. The number of ether oxygens (including phenoxy) is 1. The Morgan fingerprint density at radius 3 is 2.35 bits per heavy atom. The third-order valence-corrected chi connectivity index (χ3v) is 4.92. The van der Waals surface area contributed by atoms with Crippen LogP contribution in [0.2, 0.25) is 0 Å².